The van der Waals surface area contributed by atoms with E-state index in [0.717, 1.165) is 5.69 Å². The lowest BCUT2D eigenvalue weighted by Gasteiger charge is -2.20. The molecule has 1 N–H and O–H groups in total. The number of nitrogens with zero attached hydrogens (tertiary/aromatic N) is 6. The second-order valence-electron chi connectivity index (χ2n) is 5.80. The SMILES string of the molecule is Cc1ccnc(NC2COCC2n2nc(-n3cccn3)ccc2=O)n1. The van der Waals surface area contributed by atoms with Crippen molar-refractivity contribution in [3.8, 4) is 5.82 Å². The van der Waals surface area contributed by atoms with Crippen LogP contribution >= 0.6 is 0 Å². The van der Waals surface area contributed by atoms with E-state index in [1.165, 1.54) is 10.7 Å². The highest BCUT2D eigenvalue weighted by Crippen LogP contribution is 2.20. The number of nitrogens with one attached hydrogen (secondary N) is 1. The first kappa shape index (κ1) is 15.5. The largest absolute Gasteiger partial charge is 0.377 e. The van der Waals surface area contributed by atoms with Gasteiger partial charge in [-0.15, -0.1) is 5.10 Å². The zero-order chi connectivity index (χ0) is 17.2. The Balaban J connectivity index is 1.64. The summed E-state index contributed by atoms with van der Waals surface area (Å²) in [6.07, 6.45) is 5.13. The van der Waals surface area contributed by atoms with Crippen LogP contribution in [0.4, 0.5) is 5.95 Å². The minimum atomic E-state index is -0.257. The van der Waals surface area contributed by atoms with Gasteiger partial charge < -0.3 is 10.1 Å². The van der Waals surface area contributed by atoms with E-state index in [9.17, 15) is 4.79 Å². The van der Waals surface area contributed by atoms with Crippen molar-refractivity contribution in [3.63, 3.8) is 0 Å². The third-order valence-corrected chi connectivity index (χ3v) is 4.02. The summed E-state index contributed by atoms with van der Waals surface area (Å²) < 4.78 is 8.62. The van der Waals surface area contributed by atoms with Crippen LogP contribution in [-0.2, 0) is 4.74 Å². The van der Waals surface area contributed by atoms with Crippen LogP contribution in [0.5, 0.6) is 0 Å². The zero-order valence-corrected chi connectivity index (χ0v) is 13.6. The summed E-state index contributed by atoms with van der Waals surface area (Å²) >= 11 is 0. The maximum absolute atomic E-state index is 12.3. The minimum Gasteiger partial charge on any atom is -0.377 e. The Bertz CT molecular complexity index is 922. The predicted octanol–water partition coefficient (Wildman–Crippen LogP) is 0.579. The van der Waals surface area contributed by atoms with Gasteiger partial charge >= 0.3 is 0 Å². The molecule has 0 amide bonds. The van der Waals surface area contributed by atoms with Crippen molar-refractivity contribution in [2.75, 3.05) is 18.5 Å². The number of rotatable bonds is 4. The van der Waals surface area contributed by atoms with Gasteiger partial charge in [-0.2, -0.15) is 5.10 Å². The lowest BCUT2D eigenvalue weighted by molar-refractivity contribution is 0.182. The van der Waals surface area contributed by atoms with Crippen LogP contribution in [0.2, 0.25) is 0 Å². The van der Waals surface area contributed by atoms with Crippen molar-refractivity contribution < 1.29 is 4.74 Å². The summed E-state index contributed by atoms with van der Waals surface area (Å²) in [6, 6.07) is 6.35. The molecule has 3 aromatic rings. The summed E-state index contributed by atoms with van der Waals surface area (Å²) in [6.45, 7) is 2.73. The monoisotopic (exact) mass is 339 g/mol. The van der Waals surface area contributed by atoms with E-state index >= 15 is 0 Å². The quantitative estimate of drug-likeness (QED) is 0.742. The molecule has 25 heavy (non-hydrogen) atoms. The minimum absolute atomic E-state index is 0.153. The molecule has 1 fully saturated rings. The van der Waals surface area contributed by atoms with Gasteiger partial charge in [-0.1, -0.05) is 0 Å². The maximum atomic E-state index is 12.3. The van der Waals surface area contributed by atoms with E-state index < -0.39 is 0 Å². The van der Waals surface area contributed by atoms with E-state index in [0.29, 0.717) is 25.0 Å². The normalized spacial score (nSPS) is 19.9. The standard InChI is InChI=1S/C16H17N7O2/c1-11-5-7-17-16(19-11)20-12-9-25-10-13(12)23-15(24)4-3-14(21-23)22-8-2-6-18-22/h2-8,12-13H,9-10H2,1H3,(H,17,19,20). The molecule has 9 nitrogen and oxygen atoms in total. The van der Waals surface area contributed by atoms with Gasteiger partial charge in [0, 0.05) is 30.4 Å². The van der Waals surface area contributed by atoms with Crippen LogP contribution in [0.15, 0.2) is 47.7 Å². The van der Waals surface area contributed by atoms with Gasteiger partial charge in [-0.05, 0) is 25.1 Å². The van der Waals surface area contributed by atoms with Crippen molar-refractivity contribution in [1.82, 2.24) is 29.5 Å². The average molecular weight is 339 g/mol. The van der Waals surface area contributed by atoms with Gasteiger partial charge in [-0.25, -0.2) is 19.3 Å². The molecule has 0 aromatic carbocycles. The molecule has 0 bridgehead atoms. The lowest BCUT2D eigenvalue weighted by Crippen LogP contribution is -2.38. The maximum Gasteiger partial charge on any atom is 0.267 e. The molecule has 0 aliphatic carbocycles. The van der Waals surface area contributed by atoms with Crippen LogP contribution in [0.25, 0.3) is 5.82 Å². The Hall–Kier alpha value is -3.07. The van der Waals surface area contributed by atoms with Gasteiger partial charge in [0.2, 0.25) is 5.95 Å². The lowest BCUT2D eigenvalue weighted by atomic mass is 10.2. The number of hydrogen-bond acceptors (Lipinski definition) is 7. The Labute approximate surface area is 143 Å². The molecule has 3 aromatic heterocycles. The van der Waals surface area contributed by atoms with E-state index in [1.807, 2.05) is 13.0 Å². The molecular formula is C16H17N7O2. The summed E-state index contributed by atoms with van der Waals surface area (Å²) in [5.41, 5.74) is 0.673. The van der Waals surface area contributed by atoms with E-state index in [4.69, 9.17) is 4.74 Å². The molecule has 2 atom stereocenters. The van der Waals surface area contributed by atoms with Gasteiger partial charge in [0.25, 0.3) is 5.56 Å². The number of aryl methyl sites for hydroxylation is 1. The first-order chi connectivity index (χ1) is 12.2. The van der Waals surface area contributed by atoms with Crippen molar-refractivity contribution in [1.29, 1.82) is 0 Å². The fourth-order valence-electron chi connectivity index (χ4n) is 2.79. The summed E-state index contributed by atoms with van der Waals surface area (Å²) in [5, 5.41) is 11.8. The fourth-order valence-corrected chi connectivity index (χ4v) is 2.79. The second kappa shape index (κ2) is 6.44. The van der Waals surface area contributed by atoms with Crippen LogP contribution < -0.4 is 10.9 Å². The van der Waals surface area contributed by atoms with Crippen LogP contribution in [0, 0.1) is 6.92 Å². The Morgan fingerprint density at radius 1 is 1.24 bits per heavy atom. The van der Waals surface area contributed by atoms with Crippen molar-refractivity contribution >= 4 is 5.95 Å². The molecule has 1 aliphatic rings. The van der Waals surface area contributed by atoms with Crippen molar-refractivity contribution in [2.45, 2.75) is 19.0 Å². The Morgan fingerprint density at radius 2 is 2.16 bits per heavy atom. The van der Waals surface area contributed by atoms with Crippen molar-refractivity contribution in [3.05, 3.63) is 58.9 Å². The summed E-state index contributed by atoms with van der Waals surface area (Å²) in [7, 11) is 0. The number of aromatic nitrogens is 6. The van der Waals surface area contributed by atoms with E-state index in [1.54, 1.807) is 35.4 Å². The molecule has 1 saturated heterocycles. The number of hydrogen-bond donors (Lipinski definition) is 1. The number of ether oxygens (including phenoxy) is 1. The molecule has 1 aliphatic heterocycles. The molecule has 9 heteroatoms. The topological polar surface area (TPSA) is 99.8 Å². The first-order valence-electron chi connectivity index (χ1n) is 7.94. The van der Waals surface area contributed by atoms with Gasteiger partial charge in [0.05, 0.1) is 19.3 Å². The predicted molar refractivity (Wildman–Crippen MR) is 89.7 cm³/mol. The van der Waals surface area contributed by atoms with Crippen LogP contribution in [-0.4, -0.2) is 48.8 Å². The average Bonchev–Trinajstić information content (AvgIpc) is 3.27. The van der Waals surface area contributed by atoms with Crippen LogP contribution in [0.3, 0.4) is 0 Å². The highest BCUT2D eigenvalue weighted by Gasteiger charge is 2.32. The van der Waals surface area contributed by atoms with E-state index in [-0.39, 0.29) is 17.6 Å². The first-order valence-corrected chi connectivity index (χ1v) is 7.94. The van der Waals surface area contributed by atoms with Gasteiger partial charge in [0.1, 0.15) is 6.04 Å². The molecule has 2 unspecified atom stereocenters. The van der Waals surface area contributed by atoms with Gasteiger partial charge in [-0.3, -0.25) is 4.79 Å². The Morgan fingerprint density at radius 3 is 2.96 bits per heavy atom. The third-order valence-electron chi connectivity index (χ3n) is 4.02. The van der Waals surface area contributed by atoms with Gasteiger partial charge in [0.15, 0.2) is 5.82 Å². The summed E-state index contributed by atoms with van der Waals surface area (Å²) in [4.78, 5) is 20.9. The van der Waals surface area contributed by atoms with Crippen molar-refractivity contribution in [2.24, 2.45) is 0 Å². The Kier molecular flexibility index (Phi) is 3.98. The fraction of sp³-hybridized carbons (Fsp3) is 0.312. The summed E-state index contributed by atoms with van der Waals surface area (Å²) in [5.74, 6) is 1.08. The molecule has 0 saturated carbocycles. The molecule has 0 spiro atoms. The highest BCUT2D eigenvalue weighted by atomic mass is 16.5. The molecule has 4 heterocycles. The molecule has 0 radical (unpaired) electrons. The van der Waals surface area contributed by atoms with Crippen LogP contribution in [0.1, 0.15) is 11.7 Å². The smallest absolute Gasteiger partial charge is 0.267 e. The highest BCUT2D eigenvalue weighted by molar-refractivity contribution is 5.28. The molecule has 128 valence electrons. The number of anilines is 1. The second-order valence-corrected chi connectivity index (χ2v) is 5.80. The third kappa shape index (κ3) is 3.13. The zero-order valence-electron chi connectivity index (χ0n) is 13.6. The molecular weight excluding hydrogens is 322 g/mol. The van der Waals surface area contributed by atoms with E-state index in [2.05, 4.69) is 25.5 Å². The molecule has 4 rings (SSSR count).